The number of rotatable bonds is 4. The van der Waals surface area contributed by atoms with Crippen LogP contribution in [0, 0.1) is 12.7 Å². The van der Waals surface area contributed by atoms with Crippen LogP contribution in [0.5, 0.6) is 0 Å². The number of carbonyl (C=O) groups excluding carboxylic acids is 1. The summed E-state index contributed by atoms with van der Waals surface area (Å²) in [5, 5.41) is 0.127. The molecule has 6 nitrogen and oxygen atoms in total. The molecule has 9 heteroatoms. The van der Waals surface area contributed by atoms with Crippen LogP contribution in [-0.4, -0.2) is 37.3 Å². The number of likely N-dealkylation sites (tertiary alicyclic amines) is 1. The molecule has 0 aliphatic carbocycles. The van der Waals surface area contributed by atoms with Crippen LogP contribution in [0.2, 0.25) is 0 Å². The monoisotopic (exact) mass is 383 g/mol. The quantitative estimate of drug-likeness (QED) is 0.880. The number of aryl methyl sites for hydroxylation is 1. The number of nitrogens with zero attached hydrogens (tertiary/aromatic N) is 2. The van der Waals surface area contributed by atoms with Gasteiger partial charge >= 0.3 is 0 Å². The molecule has 0 radical (unpaired) electrons. The highest BCUT2D eigenvalue weighted by Gasteiger charge is 2.24. The maximum atomic E-state index is 13.0. The van der Waals surface area contributed by atoms with Gasteiger partial charge in [-0.25, -0.2) is 17.8 Å². The fraction of sp³-hybridized carbons (Fsp3) is 0.375. The predicted molar refractivity (Wildman–Crippen MR) is 93.8 cm³/mol. The van der Waals surface area contributed by atoms with E-state index in [-0.39, 0.29) is 15.9 Å². The van der Waals surface area contributed by atoms with E-state index in [9.17, 15) is 17.6 Å². The molecule has 3 rings (SSSR count). The van der Waals surface area contributed by atoms with E-state index < -0.39 is 15.8 Å². The van der Waals surface area contributed by atoms with Gasteiger partial charge in [0.2, 0.25) is 0 Å². The number of halogens is 1. The summed E-state index contributed by atoms with van der Waals surface area (Å²) in [4.78, 5) is 18.9. The highest BCUT2D eigenvalue weighted by molar-refractivity contribution is 7.93. The Kier molecular flexibility index (Phi) is 5.05. The third-order valence-electron chi connectivity index (χ3n) is 3.98. The first kappa shape index (κ1) is 17.8. The zero-order chi connectivity index (χ0) is 18.0. The molecule has 0 atom stereocenters. The normalized spacial score (nSPS) is 15.2. The molecule has 1 aliphatic rings. The molecule has 1 amide bonds. The van der Waals surface area contributed by atoms with E-state index in [1.54, 1.807) is 11.8 Å². The molecule has 0 spiro atoms. The van der Waals surface area contributed by atoms with Gasteiger partial charge in [0, 0.05) is 13.1 Å². The second-order valence-electron chi connectivity index (χ2n) is 5.85. The maximum Gasteiger partial charge on any atom is 0.265 e. The number of hydrogen-bond acceptors (Lipinski definition) is 5. The fourth-order valence-corrected chi connectivity index (χ4v) is 4.84. The number of thiazole rings is 1. The second kappa shape index (κ2) is 7.09. The van der Waals surface area contributed by atoms with Gasteiger partial charge in [-0.2, -0.15) is 0 Å². The molecule has 25 heavy (non-hydrogen) atoms. The number of anilines is 1. The van der Waals surface area contributed by atoms with Crippen molar-refractivity contribution in [1.82, 2.24) is 9.88 Å². The van der Waals surface area contributed by atoms with Gasteiger partial charge in [-0.1, -0.05) is 11.3 Å². The van der Waals surface area contributed by atoms with E-state index in [1.807, 2.05) is 0 Å². The number of piperidine rings is 1. The van der Waals surface area contributed by atoms with Crippen LogP contribution < -0.4 is 4.72 Å². The van der Waals surface area contributed by atoms with Crippen LogP contribution in [0.25, 0.3) is 0 Å². The number of aromatic nitrogens is 1. The van der Waals surface area contributed by atoms with Crippen LogP contribution in [0.3, 0.4) is 0 Å². The second-order valence-corrected chi connectivity index (χ2v) is 8.53. The van der Waals surface area contributed by atoms with Crippen molar-refractivity contribution < 1.29 is 17.6 Å². The Labute approximate surface area is 149 Å². The highest BCUT2D eigenvalue weighted by atomic mass is 32.2. The zero-order valence-electron chi connectivity index (χ0n) is 13.7. The summed E-state index contributed by atoms with van der Waals surface area (Å²) in [6.45, 7) is 3.11. The number of amides is 1. The topological polar surface area (TPSA) is 79.4 Å². The van der Waals surface area contributed by atoms with Crippen molar-refractivity contribution in [3.05, 3.63) is 40.7 Å². The van der Waals surface area contributed by atoms with Gasteiger partial charge in [0.25, 0.3) is 15.9 Å². The number of nitrogens with one attached hydrogen (secondary N) is 1. The summed E-state index contributed by atoms with van der Waals surface area (Å²) in [5.74, 6) is -0.625. The van der Waals surface area contributed by atoms with Gasteiger partial charge in [0.1, 0.15) is 10.7 Å². The van der Waals surface area contributed by atoms with E-state index in [0.29, 0.717) is 23.7 Å². The minimum Gasteiger partial charge on any atom is -0.338 e. The van der Waals surface area contributed by atoms with Crippen molar-refractivity contribution in [2.75, 3.05) is 17.8 Å². The lowest BCUT2D eigenvalue weighted by atomic mass is 10.1. The summed E-state index contributed by atoms with van der Waals surface area (Å²) in [5.41, 5.74) is 0.498. The van der Waals surface area contributed by atoms with E-state index in [0.717, 1.165) is 42.7 Å². The molecule has 0 saturated carbocycles. The van der Waals surface area contributed by atoms with Crippen molar-refractivity contribution in [2.24, 2.45) is 0 Å². The van der Waals surface area contributed by atoms with E-state index in [1.165, 1.54) is 12.1 Å². The van der Waals surface area contributed by atoms with Crippen molar-refractivity contribution in [1.29, 1.82) is 0 Å². The molecule has 0 unspecified atom stereocenters. The molecule has 1 saturated heterocycles. The summed E-state index contributed by atoms with van der Waals surface area (Å²) in [7, 11) is -3.88. The molecule has 1 aromatic heterocycles. The van der Waals surface area contributed by atoms with Crippen LogP contribution in [0.1, 0.15) is 34.6 Å². The molecular weight excluding hydrogens is 365 g/mol. The molecule has 1 aromatic carbocycles. The predicted octanol–water partition coefficient (Wildman–Crippen LogP) is 3.02. The summed E-state index contributed by atoms with van der Waals surface area (Å²) < 4.78 is 40.0. The standard InChI is InChI=1S/C16H18FN3O3S2/c1-11-14(15(21)20-9-3-2-4-10-20)24-16(18-11)19-25(22,23)13-7-5-12(17)6-8-13/h5-8H,2-4,9-10H2,1H3,(H,18,19). The fourth-order valence-electron chi connectivity index (χ4n) is 2.67. The van der Waals surface area contributed by atoms with Gasteiger partial charge in [0.05, 0.1) is 10.6 Å². The van der Waals surface area contributed by atoms with Crippen molar-refractivity contribution in [3.63, 3.8) is 0 Å². The number of benzene rings is 1. The summed E-state index contributed by atoms with van der Waals surface area (Å²) >= 11 is 1.02. The summed E-state index contributed by atoms with van der Waals surface area (Å²) in [6.07, 6.45) is 3.08. The zero-order valence-corrected chi connectivity index (χ0v) is 15.3. The Balaban J connectivity index is 1.80. The van der Waals surface area contributed by atoms with Crippen molar-refractivity contribution in [2.45, 2.75) is 31.1 Å². The lowest BCUT2D eigenvalue weighted by molar-refractivity contribution is 0.0728. The average Bonchev–Trinajstić information content (AvgIpc) is 2.95. The smallest absolute Gasteiger partial charge is 0.265 e. The van der Waals surface area contributed by atoms with E-state index >= 15 is 0 Å². The largest absolute Gasteiger partial charge is 0.338 e. The Morgan fingerprint density at radius 2 is 1.84 bits per heavy atom. The third kappa shape index (κ3) is 3.98. The number of sulfonamides is 1. The third-order valence-corrected chi connectivity index (χ3v) is 6.52. The first-order valence-corrected chi connectivity index (χ1v) is 10.2. The lowest BCUT2D eigenvalue weighted by Crippen LogP contribution is -2.35. The van der Waals surface area contributed by atoms with Gasteiger partial charge in [-0.3, -0.25) is 9.52 Å². The maximum absolute atomic E-state index is 13.0. The Morgan fingerprint density at radius 1 is 1.20 bits per heavy atom. The van der Waals surface area contributed by atoms with Crippen LogP contribution >= 0.6 is 11.3 Å². The molecule has 2 aromatic rings. The van der Waals surface area contributed by atoms with Crippen LogP contribution in [-0.2, 0) is 10.0 Å². The van der Waals surface area contributed by atoms with Gasteiger partial charge in [-0.15, -0.1) is 0 Å². The first-order chi connectivity index (χ1) is 11.9. The minimum absolute atomic E-state index is 0.0642. The van der Waals surface area contributed by atoms with Crippen molar-refractivity contribution in [3.8, 4) is 0 Å². The van der Waals surface area contributed by atoms with E-state index in [2.05, 4.69) is 9.71 Å². The van der Waals surface area contributed by atoms with E-state index in [4.69, 9.17) is 0 Å². The molecule has 1 aliphatic heterocycles. The number of hydrogen-bond donors (Lipinski definition) is 1. The number of carbonyl (C=O) groups is 1. The first-order valence-electron chi connectivity index (χ1n) is 7.92. The Hall–Kier alpha value is -2.00. The van der Waals surface area contributed by atoms with Crippen LogP contribution in [0.4, 0.5) is 9.52 Å². The molecule has 134 valence electrons. The van der Waals surface area contributed by atoms with Gasteiger partial charge < -0.3 is 4.90 Å². The minimum atomic E-state index is -3.88. The molecular formula is C16H18FN3O3S2. The lowest BCUT2D eigenvalue weighted by Gasteiger charge is -2.26. The van der Waals surface area contributed by atoms with Crippen molar-refractivity contribution >= 4 is 32.4 Å². The Bertz CT molecular complexity index is 873. The van der Waals surface area contributed by atoms with Crippen LogP contribution in [0.15, 0.2) is 29.2 Å². The molecule has 2 heterocycles. The average molecular weight is 383 g/mol. The van der Waals surface area contributed by atoms with Gasteiger partial charge in [0.15, 0.2) is 5.13 Å². The summed E-state index contributed by atoms with van der Waals surface area (Å²) in [6, 6.07) is 4.51. The molecule has 1 fully saturated rings. The molecule has 1 N–H and O–H groups in total. The van der Waals surface area contributed by atoms with Gasteiger partial charge in [-0.05, 0) is 50.5 Å². The Morgan fingerprint density at radius 3 is 2.48 bits per heavy atom. The molecule has 0 bridgehead atoms. The SMILES string of the molecule is Cc1nc(NS(=O)(=O)c2ccc(F)cc2)sc1C(=O)N1CCCCC1. The highest BCUT2D eigenvalue weighted by Crippen LogP contribution is 2.27.